The van der Waals surface area contributed by atoms with Gasteiger partial charge >= 0.3 is 0 Å². The van der Waals surface area contributed by atoms with Gasteiger partial charge in [-0.3, -0.25) is 9.59 Å². The topological polar surface area (TPSA) is 81.0 Å². The van der Waals surface area contributed by atoms with Crippen LogP contribution in [0.5, 0.6) is 0 Å². The quantitative estimate of drug-likeness (QED) is 0.334. The Kier molecular flexibility index (Phi) is 6.19. The summed E-state index contributed by atoms with van der Waals surface area (Å²) in [5.74, 6) is -0.885. The van der Waals surface area contributed by atoms with Gasteiger partial charge in [0.15, 0.2) is 0 Å². The van der Waals surface area contributed by atoms with Crippen LogP contribution in [0.15, 0.2) is 103 Å². The highest BCUT2D eigenvalue weighted by molar-refractivity contribution is 6.12. The number of rotatable bonds is 5. The van der Waals surface area contributed by atoms with Crippen molar-refractivity contribution >= 4 is 17.8 Å². The third kappa shape index (κ3) is 4.42. The first-order valence-corrected chi connectivity index (χ1v) is 11.5. The molecular weight excluding hydrogens is 450 g/mol. The van der Waals surface area contributed by atoms with Crippen molar-refractivity contribution in [3.8, 4) is 39.5 Å². The van der Waals surface area contributed by atoms with E-state index in [0.29, 0.717) is 11.4 Å². The number of hydrogen-bond acceptors (Lipinski definition) is 5. The van der Waals surface area contributed by atoms with Crippen molar-refractivity contribution in [2.24, 2.45) is 0 Å². The average molecular weight is 474 g/mol. The van der Waals surface area contributed by atoms with Crippen LogP contribution in [0.4, 0.5) is 5.95 Å². The summed E-state index contributed by atoms with van der Waals surface area (Å²) in [5.41, 5.74) is 5.59. The fourth-order valence-electron chi connectivity index (χ4n) is 4.07. The zero-order chi connectivity index (χ0) is 25.1. The third-order valence-corrected chi connectivity index (χ3v) is 5.71. The van der Waals surface area contributed by atoms with Crippen LogP contribution in [0.3, 0.4) is 0 Å². The summed E-state index contributed by atoms with van der Waals surface area (Å²) < 4.78 is 1.82. The van der Waals surface area contributed by atoms with Crippen molar-refractivity contribution in [2.75, 3.05) is 4.90 Å². The molecule has 0 aliphatic carbocycles. The van der Waals surface area contributed by atoms with E-state index in [2.05, 4.69) is 4.98 Å². The molecular formula is C29H23N5O2. The molecule has 176 valence electrons. The molecule has 0 atom stereocenters. The van der Waals surface area contributed by atoms with Crippen LogP contribution < -0.4 is 4.90 Å². The number of carbonyl (C=O) groups is 2. The lowest BCUT2D eigenvalue weighted by molar-refractivity contribution is -0.124. The van der Waals surface area contributed by atoms with Crippen molar-refractivity contribution in [2.45, 2.75) is 13.8 Å². The normalized spacial score (nSPS) is 10.7. The number of benzene rings is 3. The number of imide groups is 1. The Bertz CT molecular complexity index is 1520. The fraction of sp³-hybridized carbons (Fsp3) is 0.0690. The van der Waals surface area contributed by atoms with Gasteiger partial charge in [-0.1, -0.05) is 91.0 Å². The van der Waals surface area contributed by atoms with Gasteiger partial charge in [-0.05, 0) is 6.07 Å². The molecule has 7 heteroatoms. The first-order valence-electron chi connectivity index (χ1n) is 11.5. The lowest BCUT2D eigenvalue weighted by Gasteiger charge is -2.18. The Morgan fingerprint density at radius 1 is 0.722 bits per heavy atom. The number of hydrogen-bond donors (Lipinski definition) is 0. The maximum Gasteiger partial charge on any atom is 0.239 e. The van der Waals surface area contributed by atoms with Crippen LogP contribution in [0, 0.1) is 0 Å². The highest BCUT2D eigenvalue weighted by Crippen LogP contribution is 2.33. The van der Waals surface area contributed by atoms with E-state index >= 15 is 0 Å². The largest absolute Gasteiger partial charge is 0.274 e. The molecule has 0 N–H and O–H groups in total. The van der Waals surface area contributed by atoms with E-state index < -0.39 is 11.8 Å². The smallest absolute Gasteiger partial charge is 0.239 e. The van der Waals surface area contributed by atoms with Crippen LogP contribution in [0.2, 0.25) is 0 Å². The summed E-state index contributed by atoms with van der Waals surface area (Å²) in [6.45, 7) is 2.63. The van der Waals surface area contributed by atoms with Crippen molar-refractivity contribution in [3.63, 3.8) is 0 Å². The summed E-state index contributed by atoms with van der Waals surface area (Å²) in [5, 5.41) is 4.95. The average Bonchev–Trinajstić information content (AvgIpc) is 3.35. The summed E-state index contributed by atoms with van der Waals surface area (Å²) in [4.78, 5) is 34.5. The third-order valence-electron chi connectivity index (χ3n) is 5.71. The molecule has 5 rings (SSSR count). The minimum absolute atomic E-state index is 0.0225. The highest BCUT2D eigenvalue weighted by Gasteiger charge is 2.23. The van der Waals surface area contributed by atoms with Crippen molar-refractivity contribution in [1.82, 2.24) is 19.7 Å². The molecule has 2 heterocycles. The predicted octanol–water partition coefficient (Wildman–Crippen LogP) is 5.56. The van der Waals surface area contributed by atoms with E-state index in [9.17, 15) is 9.59 Å². The Morgan fingerprint density at radius 2 is 1.25 bits per heavy atom. The molecule has 0 spiro atoms. The first kappa shape index (κ1) is 22.9. The van der Waals surface area contributed by atoms with E-state index in [1.54, 1.807) is 6.20 Å². The molecule has 7 nitrogen and oxygen atoms in total. The van der Waals surface area contributed by atoms with Gasteiger partial charge in [0, 0.05) is 30.5 Å². The van der Waals surface area contributed by atoms with Gasteiger partial charge in [-0.25, -0.2) is 19.5 Å². The number of aromatic nitrogens is 4. The molecule has 0 aliphatic rings. The molecule has 0 saturated heterocycles. The summed E-state index contributed by atoms with van der Waals surface area (Å²) >= 11 is 0. The molecule has 0 bridgehead atoms. The molecule has 36 heavy (non-hydrogen) atoms. The van der Waals surface area contributed by atoms with Crippen molar-refractivity contribution in [1.29, 1.82) is 0 Å². The van der Waals surface area contributed by atoms with E-state index in [0.717, 1.165) is 33.0 Å². The summed E-state index contributed by atoms with van der Waals surface area (Å²) in [7, 11) is 0. The van der Waals surface area contributed by atoms with Crippen LogP contribution in [0.1, 0.15) is 13.8 Å². The summed E-state index contributed by atoms with van der Waals surface area (Å²) in [6.07, 6.45) is 1.61. The molecule has 2 amide bonds. The van der Waals surface area contributed by atoms with Gasteiger partial charge in [0.25, 0.3) is 0 Å². The lowest BCUT2D eigenvalue weighted by atomic mass is 10.1. The fourth-order valence-corrected chi connectivity index (χ4v) is 4.07. The zero-order valence-electron chi connectivity index (χ0n) is 19.9. The van der Waals surface area contributed by atoms with E-state index in [1.807, 2.05) is 102 Å². The Morgan fingerprint density at radius 3 is 1.81 bits per heavy atom. The van der Waals surface area contributed by atoms with Crippen LogP contribution in [-0.4, -0.2) is 31.6 Å². The Balaban J connectivity index is 1.77. The van der Waals surface area contributed by atoms with Gasteiger partial charge in [-0.2, -0.15) is 5.10 Å². The van der Waals surface area contributed by atoms with Gasteiger partial charge in [-0.15, -0.1) is 0 Å². The second-order valence-corrected chi connectivity index (χ2v) is 8.20. The molecule has 0 unspecified atom stereocenters. The maximum absolute atomic E-state index is 12.2. The van der Waals surface area contributed by atoms with Crippen LogP contribution in [-0.2, 0) is 9.59 Å². The van der Waals surface area contributed by atoms with Crippen molar-refractivity contribution in [3.05, 3.63) is 103 Å². The minimum Gasteiger partial charge on any atom is -0.274 e. The van der Waals surface area contributed by atoms with Crippen LogP contribution in [0.25, 0.3) is 39.5 Å². The number of carbonyl (C=O) groups excluding carboxylic acids is 2. The van der Waals surface area contributed by atoms with Gasteiger partial charge in [0.1, 0.15) is 11.4 Å². The number of nitrogens with zero attached hydrogens (tertiary/aromatic N) is 5. The Labute approximate surface area is 208 Å². The van der Waals surface area contributed by atoms with E-state index in [-0.39, 0.29) is 5.95 Å². The second-order valence-electron chi connectivity index (χ2n) is 8.20. The number of anilines is 1. The van der Waals surface area contributed by atoms with Gasteiger partial charge in [0.2, 0.25) is 17.8 Å². The van der Waals surface area contributed by atoms with Crippen LogP contribution >= 0.6 is 0 Å². The highest BCUT2D eigenvalue weighted by atomic mass is 16.2. The molecule has 0 radical (unpaired) electrons. The molecule has 5 aromatic rings. The molecule has 2 aromatic heterocycles. The maximum atomic E-state index is 12.2. The SMILES string of the molecule is CC(=O)N(C(C)=O)c1ncc(-n2nc(-c3ccccc3)cc2-c2ccccc2)c(-c2ccccc2)n1. The molecule has 0 aliphatic heterocycles. The number of amides is 2. The lowest BCUT2D eigenvalue weighted by Crippen LogP contribution is -2.34. The van der Waals surface area contributed by atoms with Gasteiger partial charge in [0.05, 0.1) is 17.6 Å². The van der Waals surface area contributed by atoms with Crippen molar-refractivity contribution < 1.29 is 9.59 Å². The monoisotopic (exact) mass is 473 g/mol. The van der Waals surface area contributed by atoms with E-state index in [1.165, 1.54) is 13.8 Å². The zero-order valence-corrected chi connectivity index (χ0v) is 19.9. The predicted molar refractivity (Wildman–Crippen MR) is 139 cm³/mol. The molecule has 0 saturated carbocycles. The Hall–Kier alpha value is -4.91. The standard InChI is InChI=1S/C29H23N5O2/c1-20(35)33(21(2)36)29-30-19-27(28(31-29)24-16-10-5-11-17-24)34-26(23-14-8-4-9-15-23)18-25(32-34)22-12-6-3-7-13-22/h3-19H,1-2H3. The second kappa shape index (κ2) is 9.76. The molecule has 0 fully saturated rings. The first-order chi connectivity index (χ1) is 17.5. The van der Waals surface area contributed by atoms with Gasteiger partial charge < -0.3 is 0 Å². The van der Waals surface area contributed by atoms with E-state index in [4.69, 9.17) is 10.1 Å². The molecule has 3 aromatic carbocycles. The summed E-state index contributed by atoms with van der Waals surface area (Å²) in [6, 6.07) is 31.5. The minimum atomic E-state index is -0.454.